The topological polar surface area (TPSA) is 222 Å². The summed E-state index contributed by atoms with van der Waals surface area (Å²) in [6, 6.07) is 5.00. The summed E-state index contributed by atoms with van der Waals surface area (Å²) >= 11 is 0. The van der Waals surface area contributed by atoms with Crippen LogP contribution in [0.15, 0.2) is 35.5 Å². The van der Waals surface area contributed by atoms with Crippen LogP contribution < -0.4 is 27.8 Å². The van der Waals surface area contributed by atoms with E-state index in [1.807, 2.05) is 30.5 Å². The standard InChI is InChI=1S/C24H34N8O5/c25-16(11-14-12-29-17-6-2-1-5-15(14)17)22(35)32-10-4-8-19(32)21(34)30-13-20(33)31-18(23(36)37)7-3-9-28-24(26)27/h1-2,5-6,12,16,18-19,29H,3-4,7-11,13,25H2,(H,30,34)(H,31,33)(H,36,37)(H4,26,27,28). The summed E-state index contributed by atoms with van der Waals surface area (Å²) in [5.41, 5.74) is 18.6. The third-order valence-corrected chi connectivity index (χ3v) is 6.27. The first kappa shape index (κ1) is 27.5. The summed E-state index contributed by atoms with van der Waals surface area (Å²) in [4.78, 5) is 58.0. The van der Waals surface area contributed by atoms with Crippen LogP contribution in [-0.2, 0) is 25.6 Å². The molecule has 1 aromatic carbocycles. The molecule has 13 nitrogen and oxygen atoms in total. The van der Waals surface area contributed by atoms with E-state index in [2.05, 4.69) is 20.6 Å². The summed E-state index contributed by atoms with van der Waals surface area (Å²) in [5, 5.41) is 15.2. The number of carboxylic acids is 1. The Morgan fingerprint density at radius 1 is 1.22 bits per heavy atom. The van der Waals surface area contributed by atoms with E-state index < -0.39 is 42.5 Å². The molecule has 13 heteroatoms. The zero-order chi connectivity index (χ0) is 26.9. The first-order chi connectivity index (χ1) is 17.7. The molecule has 1 saturated heterocycles. The predicted octanol–water partition coefficient (Wildman–Crippen LogP) is -1.23. The maximum atomic E-state index is 13.1. The number of likely N-dealkylation sites (tertiary alicyclic amines) is 1. The van der Waals surface area contributed by atoms with Crippen molar-refractivity contribution in [1.29, 1.82) is 0 Å². The van der Waals surface area contributed by atoms with Gasteiger partial charge in [-0.05, 0) is 43.7 Å². The average molecular weight is 515 g/mol. The summed E-state index contributed by atoms with van der Waals surface area (Å²) in [7, 11) is 0. The molecule has 2 heterocycles. The van der Waals surface area contributed by atoms with Gasteiger partial charge in [0.25, 0.3) is 0 Å². The number of nitrogens with two attached hydrogens (primary N) is 3. The van der Waals surface area contributed by atoms with Crippen molar-refractivity contribution < 1.29 is 24.3 Å². The van der Waals surface area contributed by atoms with Crippen LogP contribution in [0.2, 0.25) is 0 Å². The summed E-state index contributed by atoms with van der Waals surface area (Å²) < 4.78 is 0. The number of carbonyl (C=O) groups excluding carboxylic acids is 3. The van der Waals surface area contributed by atoms with Gasteiger partial charge in [-0.1, -0.05) is 18.2 Å². The Bertz CT molecular complexity index is 1160. The smallest absolute Gasteiger partial charge is 0.326 e. The monoisotopic (exact) mass is 514 g/mol. The van der Waals surface area contributed by atoms with E-state index in [0.717, 1.165) is 16.5 Å². The Kier molecular flexibility index (Phi) is 9.44. The van der Waals surface area contributed by atoms with Crippen LogP contribution in [0, 0.1) is 0 Å². The third-order valence-electron chi connectivity index (χ3n) is 6.27. The highest BCUT2D eigenvalue weighted by Gasteiger charge is 2.36. The average Bonchev–Trinajstić information content (AvgIpc) is 3.51. The van der Waals surface area contributed by atoms with Gasteiger partial charge in [-0.2, -0.15) is 0 Å². The Hall–Kier alpha value is -4.13. The molecule has 10 N–H and O–H groups in total. The Morgan fingerprint density at radius 3 is 2.70 bits per heavy atom. The molecule has 1 aliphatic rings. The number of hydrogen-bond donors (Lipinski definition) is 7. The molecule has 1 fully saturated rings. The number of carboxylic acid groups (broad SMARTS) is 1. The van der Waals surface area contributed by atoms with Gasteiger partial charge < -0.3 is 42.8 Å². The van der Waals surface area contributed by atoms with Crippen molar-refractivity contribution in [3.8, 4) is 0 Å². The molecule has 0 radical (unpaired) electrons. The minimum Gasteiger partial charge on any atom is -0.480 e. The number of carbonyl (C=O) groups is 4. The van der Waals surface area contributed by atoms with Gasteiger partial charge >= 0.3 is 5.97 Å². The number of amides is 3. The number of aliphatic carboxylic acids is 1. The predicted molar refractivity (Wildman–Crippen MR) is 137 cm³/mol. The van der Waals surface area contributed by atoms with Crippen LogP contribution in [0.3, 0.4) is 0 Å². The summed E-state index contributed by atoms with van der Waals surface area (Å²) in [6.07, 6.45) is 3.68. The number of fused-ring (bicyclic) bond motifs is 1. The second-order valence-electron chi connectivity index (χ2n) is 8.98. The quantitative estimate of drug-likeness (QED) is 0.103. The van der Waals surface area contributed by atoms with Gasteiger partial charge in [-0.25, -0.2) is 4.79 Å². The van der Waals surface area contributed by atoms with Crippen LogP contribution in [0.25, 0.3) is 10.9 Å². The fraction of sp³-hybridized carbons (Fsp3) is 0.458. The number of H-pyrrole nitrogens is 1. The highest BCUT2D eigenvalue weighted by atomic mass is 16.4. The number of aliphatic imine (C=N–C) groups is 1. The molecule has 0 aliphatic carbocycles. The molecule has 200 valence electrons. The summed E-state index contributed by atoms with van der Waals surface area (Å²) in [6.45, 7) is 0.199. The Morgan fingerprint density at radius 2 is 1.97 bits per heavy atom. The largest absolute Gasteiger partial charge is 0.480 e. The van der Waals surface area contributed by atoms with Crippen LogP contribution >= 0.6 is 0 Å². The molecule has 0 saturated carbocycles. The molecule has 3 amide bonds. The third kappa shape index (κ3) is 7.43. The Labute approximate surface area is 213 Å². The van der Waals surface area contributed by atoms with Gasteiger partial charge in [0.1, 0.15) is 12.1 Å². The van der Waals surface area contributed by atoms with E-state index in [-0.39, 0.29) is 24.8 Å². The molecule has 2 aromatic rings. The zero-order valence-electron chi connectivity index (χ0n) is 20.5. The van der Waals surface area contributed by atoms with E-state index in [9.17, 15) is 24.3 Å². The molecule has 3 rings (SSSR count). The highest BCUT2D eigenvalue weighted by Crippen LogP contribution is 2.22. The second-order valence-corrected chi connectivity index (χ2v) is 8.98. The lowest BCUT2D eigenvalue weighted by molar-refractivity contribution is -0.142. The van der Waals surface area contributed by atoms with E-state index in [1.54, 1.807) is 0 Å². The van der Waals surface area contributed by atoms with Crippen LogP contribution in [0.5, 0.6) is 0 Å². The van der Waals surface area contributed by atoms with E-state index in [4.69, 9.17) is 17.2 Å². The van der Waals surface area contributed by atoms with Crippen molar-refractivity contribution in [1.82, 2.24) is 20.5 Å². The lowest BCUT2D eigenvalue weighted by Crippen LogP contribution is -2.53. The minimum absolute atomic E-state index is 0.100. The molecule has 1 aromatic heterocycles. The summed E-state index contributed by atoms with van der Waals surface area (Å²) in [5.74, 6) is -2.79. The van der Waals surface area contributed by atoms with E-state index in [0.29, 0.717) is 32.2 Å². The SMILES string of the molecule is NC(N)=NCCCC(NC(=O)CNC(=O)C1CCCN1C(=O)C(N)Cc1c[nH]c2ccccc12)C(=O)O. The molecular weight excluding hydrogens is 480 g/mol. The number of nitrogens with zero attached hydrogens (tertiary/aromatic N) is 2. The fourth-order valence-electron chi connectivity index (χ4n) is 4.43. The van der Waals surface area contributed by atoms with E-state index in [1.165, 1.54) is 4.90 Å². The van der Waals surface area contributed by atoms with Crippen LogP contribution in [0.4, 0.5) is 0 Å². The first-order valence-electron chi connectivity index (χ1n) is 12.1. The zero-order valence-corrected chi connectivity index (χ0v) is 20.5. The van der Waals surface area contributed by atoms with Gasteiger partial charge in [0.05, 0.1) is 12.6 Å². The molecule has 37 heavy (non-hydrogen) atoms. The lowest BCUT2D eigenvalue weighted by Gasteiger charge is -2.26. The molecule has 1 aliphatic heterocycles. The van der Waals surface area contributed by atoms with E-state index >= 15 is 0 Å². The number of benzene rings is 1. The van der Waals surface area contributed by atoms with Crippen molar-refractivity contribution in [2.45, 2.75) is 50.2 Å². The highest BCUT2D eigenvalue weighted by molar-refractivity contribution is 5.93. The number of nitrogens with one attached hydrogen (secondary N) is 3. The van der Waals surface area contributed by atoms with Crippen molar-refractivity contribution in [3.63, 3.8) is 0 Å². The minimum atomic E-state index is -1.21. The van der Waals surface area contributed by atoms with Crippen molar-refractivity contribution in [3.05, 3.63) is 36.0 Å². The van der Waals surface area contributed by atoms with Crippen molar-refractivity contribution in [2.75, 3.05) is 19.6 Å². The van der Waals surface area contributed by atoms with Gasteiger partial charge in [-0.3, -0.25) is 19.4 Å². The molecule has 3 atom stereocenters. The second kappa shape index (κ2) is 12.7. The number of aromatic amines is 1. The van der Waals surface area contributed by atoms with Gasteiger partial charge in [0.2, 0.25) is 17.7 Å². The maximum absolute atomic E-state index is 13.1. The van der Waals surface area contributed by atoms with Crippen molar-refractivity contribution in [2.24, 2.45) is 22.2 Å². The van der Waals surface area contributed by atoms with Crippen LogP contribution in [0.1, 0.15) is 31.2 Å². The lowest BCUT2D eigenvalue weighted by atomic mass is 10.0. The Balaban J connectivity index is 1.50. The van der Waals surface area contributed by atoms with Crippen molar-refractivity contribution >= 4 is 40.6 Å². The first-order valence-corrected chi connectivity index (χ1v) is 12.1. The number of rotatable bonds is 12. The maximum Gasteiger partial charge on any atom is 0.326 e. The van der Waals surface area contributed by atoms with Gasteiger partial charge in [-0.15, -0.1) is 0 Å². The number of hydrogen-bond acceptors (Lipinski definition) is 6. The number of guanidine groups is 1. The molecule has 0 bridgehead atoms. The molecule has 3 unspecified atom stereocenters. The fourth-order valence-corrected chi connectivity index (χ4v) is 4.43. The van der Waals surface area contributed by atoms with Gasteiger partial charge in [0.15, 0.2) is 5.96 Å². The van der Waals surface area contributed by atoms with Crippen LogP contribution in [-0.4, -0.2) is 82.4 Å². The molecular formula is C24H34N8O5. The number of para-hydroxylation sites is 1. The molecule has 0 spiro atoms. The normalized spacial score (nSPS) is 16.7. The number of aromatic nitrogens is 1. The van der Waals surface area contributed by atoms with Gasteiger partial charge in [0, 0.05) is 30.2 Å².